The Bertz CT molecular complexity index is 561. The van der Waals surface area contributed by atoms with Crippen LogP contribution in [0.3, 0.4) is 0 Å². The summed E-state index contributed by atoms with van der Waals surface area (Å²) in [7, 11) is 0. The second kappa shape index (κ2) is 7.04. The second-order valence-corrected chi connectivity index (χ2v) is 7.04. The fourth-order valence-electron chi connectivity index (χ4n) is 2.05. The summed E-state index contributed by atoms with van der Waals surface area (Å²) in [6.45, 7) is 3.63. The van der Waals surface area contributed by atoms with Crippen molar-refractivity contribution in [1.29, 1.82) is 0 Å². The number of halogens is 1. The topological polar surface area (TPSA) is 69.7 Å². The van der Waals surface area contributed by atoms with Gasteiger partial charge in [0.15, 0.2) is 0 Å². The summed E-state index contributed by atoms with van der Waals surface area (Å²) < 4.78 is 0.861. The fraction of sp³-hybridized carbons (Fsp3) is 0.462. The number of amides is 3. The van der Waals surface area contributed by atoms with Crippen molar-refractivity contribution in [2.75, 3.05) is 32.7 Å². The monoisotopic (exact) mass is 373 g/mol. The summed E-state index contributed by atoms with van der Waals surface area (Å²) in [5.74, 6) is -0.564. The molecule has 114 valence electrons. The Kier molecular flexibility index (Phi) is 5.35. The predicted octanol–water partition coefficient (Wildman–Crippen LogP) is 0.931. The molecule has 0 radical (unpaired) electrons. The SMILES string of the molecule is CCN1CCN(C(=O)CNC(=O)c2ccc(Br)s2)CC1=O. The third-order valence-corrected chi connectivity index (χ3v) is 4.87. The first kappa shape index (κ1) is 16.0. The minimum atomic E-state index is -0.280. The average Bonchev–Trinajstić information content (AvgIpc) is 2.91. The highest BCUT2D eigenvalue weighted by atomic mass is 79.9. The normalized spacial score (nSPS) is 15.2. The van der Waals surface area contributed by atoms with E-state index < -0.39 is 0 Å². The molecule has 0 aromatic carbocycles. The lowest BCUT2D eigenvalue weighted by molar-refractivity contribution is -0.144. The van der Waals surface area contributed by atoms with Crippen LogP contribution in [0.2, 0.25) is 0 Å². The van der Waals surface area contributed by atoms with Crippen molar-refractivity contribution in [2.45, 2.75) is 6.92 Å². The highest BCUT2D eigenvalue weighted by Crippen LogP contribution is 2.21. The number of carbonyl (C=O) groups excluding carboxylic acids is 3. The van der Waals surface area contributed by atoms with Crippen LogP contribution in [0, 0.1) is 0 Å². The van der Waals surface area contributed by atoms with Gasteiger partial charge in [-0.15, -0.1) is 11.3 Å². The van der Waals surface area contributed by atoms with Crippen LogP contribution in [0.4, 0.5) is 0 Å². The third kappa shape index (κ3) is 4.04. The molecule has 1 fully saturated rings. The maximum absolute atomic E-state index is 12.0. The molecule has 2 heterocycles. The first-order valence-electron chi connectivity index (χ1n) is 6.60. The van der Waals surface area contributed by atoms with Gasteiger partial charge < -0.3 is 15.1 Å². The number of thiophene rings is 1. The third-order valence-electron chi connectivity index (χ3n) is 3.25. The van der Waals surface area contributed by atoms with Gasteiger partial charge in [0.2, 0.25) is 11.8 Å². The van der Waals surface area contributed by atoms with E-state index in [2.05, 4.69) is 21.2 Å². The summed E-state index contributed by atoms with van der Waals surface area (Å²) in [4.78, 5) is 39.3. The number of rotatable bonds is 4. The van der Waals surface area contributed by atoms with E-state index in [1.807, 2.05) is 6.92 Å². The van der Waals surface area contributed by atoms with Crippen molar-refractivity contribution in [2.24, 2.45) is 0 Å². The molecule has 21 heavy (non-hydrogen) atoms. The van der Waals surface area contributed by atoms with Gasteiger partial charge in [-0.2, -0.15) is 0 Å². The quantitative estimate of drug-likeness (QED) is 0.853. The molecule has 1 N–H and O–H groups in total. The number of nitrogens with one attached hydrogen (secondary N) is 1. The van der Waals surface area contributed by atoms with Gasteiger partial charge in [0.25, 0.3) is 5.91 Å². The predicted molar refractivity (Wildman–Crippen MR) is 83.2 cm³/mol. The number of carbonyl (C=O) groups is 3. The van der Waals surface area contributed by atoms with Gasteiger partial charge >= 0.3 is 0 Å². The molecular formula is C13H16BrN3O3S. The summed E-state index contributed by atoms with van der Waals surface area (Å²) in [5, 5.41) is 2.58. The lowest BCUT2D eigenvalue weighted by atomic mass is 10.3. The van der Waals surface area contributed by atoms with Crippen LogP contribution >= 0.6 is 27.3 Å². The molecule has 0 spiro atoms. The molecule has 2 rings (SSSR count). The van der Waals surface area contributed by atoms with E-state index in [0.29, 0.717) is 24.5 Å². The van der Waals surface area contributed by atoms with E-state index in [1.165, 1.54) is 16.2 Å². The number of piperazine rings is 1. The number of hydrogen-bond acceptors (Lipinski definition) is 4. The van der Waals surface area contributed by atoms with Crippen LogP contribution in [0.15, 0.2) is 15.9 Å². The maximum atomic E-state index is 12.0. The van der Waals surface area contributed by atoms with Gasteiger partial charge in [0.05, 0.1) is 21.8 Å². The van der Waals surface area contributed by atoms with E-state index in [1.54, 1.807) is 17.0 Å². The Balaban J connectivity index is 1.82. The van der Waals surface area contributed by atoms with Gasteiger partial charge in [-0.3, -0.25) is 14.4 Å². The van der Waals surface area contributed by atoms with Crippen LogP contribution < -0.4 is 5.32 Å². The summed E-state index contributed by atoms with van der Waals surface area (Å²) in [5.41, 5.74) is 0. The largest absolute Gasteiger partial charge is 0.342 e. The Hall–Kier alpha value is -1.41. The summed E-state index contributed by atoms with van der Waals surface area (Å²) >= 11 is 4.59. The van der Waals surface area contributed by atoms with Gasteiger partial charge in [-0.25, -0.2) is 0 Å². The van der Waals surface area contributed by atoms with Gasteiger partial charge in [0, 0.05) is 19.6 Å². The molecule has 1 aliphatic rings. The Labute approximate surface area is 135 Å². The number of hydrogen-bond donors (Lipinski definition) is 1. The number of likely N-dealkylation sites (N-methyl/N-ethyl adjacent to an activating group) is 1. The zero-order valence-electron chi connectivity index (χ0n) is 11.6. The minimum Gasteiger partial charge on any atom is -0.342 e. The molecule has 0 saturated carbocycles. The average molecular weight is 374 g/mol. The number of nitrogens with zero attached hydrogens (tertiary/aromatic N) is 2. The van der Waals surface area contributed by atoms with E-state index in [9.17, 15) is 14.4 Å². The molecule has 8 heteroatoms. The van der Waals surface area contributed by atoms with Crippen molar-refractivity contribution in [3.05, 3.63) is 20.8 Å². The van der Waals surface area contributed by atoms with Crippen LogP contribution in [0.5, 0.6) is 0 Å². The molecule has 0 atom stereocenters. The van der Waals surface area contributed by atoms with Crippen molar-refractivity contribution in [3.63, 3.8) is 0 Å². The van der Waals surface area contributed by atoms with Crippen LogP contribution in [0.1, 0.15) is 16.6 Å². The zero-order chi connectivity index (χ0) is 15.4. The highest BCUT2D eigenvalue weighted by Gasteiger charge is 2.26. The standard InChI is InChI=1S/C13H16BrN3O3S/c1-2-16-5-6-17(8-12(16)19)11(18)7-15-13(20)9-3-4-10(14)21-9/h3-4H,2,5-8H2,1H3,(H,15,20). The van der Waals surface area contributed by atoms with Crippen LogP contribution in [-0.2, 0) is 9.59 Å². The first-order chi connectivity index (χ1) is 10.0. The van der Waals surface area contributed by atoms with Crippen molar-refractivity contribution < 1.29 is 14.4 Å². The van der Waals surface area contributed by atoms with E-state index in [-0.39, 0.29) is 30.8 Å². The van der Waals surface area contributed by atoms with E-state index >= 15 is 0 Å². The second-order valence-electron chi connectivity index (χ2n) is 4.58. The summed E-state index contributed by atoms with van der Waals surface area (Å²) in [6.07, 6.45) is 0. The van der Waals surface area contributed by atoms with Gasteiger partial charge in [-0.1, -0.05) is 0 Å². The molecule has 1 aromatic rings. The lowest BCUT2D eigenvalue weighted by Gasteiger charge is -2.33. The minimum absolute atomic E-state index is 0.0504. The smallest absolute Gasteiger partial charge is 0.261 e. The first-order valence-corrected chi connectivity index (χ1v) is 8.21. The molecule has 3 amide bonds. The Morgan fingerprint density at radius 1 is 1.38 bits per heavy atom. The Morgan fingerprint density at radius 3 is 2.71 bits per heavy atom. The van der Waals surface area contributed by atoms with E-state index in [0.717, 1.165) is 3.79 Å². The van der Waals surface area contributed by atoms with Crippen molar-refractivity contribution in [1.82, 2.24) is 15.1 Å². The maximum Gasteiger partial charge on any atom is 0.261 e. The molecule has 1 aliphatic heterocycles. The summed E-state index contributed by atoms with van der Waals surface area (Å²) in [6, 6.07) is 3.47. The fourth-order valence-corrected chi connectivity index (χ4v) is 3.35. The molecule has 6 nitrogen and oxygen atoms in total. The van der Waals surface area contributed by atoms with Crippen molar-refractivity contribution >= 4 is 45.0 Å². The highest BCUT2D eigenvalue weighted by molar-refractivity contribution is 9.11. The molecule has 0 unspecified atom stereocenters. The zero-order valence-corrected chi connectivity index (χ0v) is 14.0. The van der Waals surface area contributed by atoms with E-state index in [4.69, 9.17) is 0 Å². The Morgan fingerprint density at radius 2 is 2.14 bits per heavy atom. The molecule has 0 bridgehead atoms. The van der Waals surface area contributed by atoms with Crippen LogP contribution in [-0.4, -0.2) is 60.2 Å². The van der Waals surface area contributed by atoms with Crippen LogP contribution in [0.25, 0.3) is 0 Å². The molecule has 1 aromatic heterocycles. The lowest BCUT2D eigenvalue weighted by Crippen LogP contribution is -2.53. The van der Waals surface area contributed by atoms with Gasteiger partial charge in [0.1, 0.15) is 0 Å². The molecule has 0 aliphatic carbocycles. The molecule has 1 saturated heterocycles. The van der Waals surface area contributed by atoms with Gasteiger partial charge in [-0.05, 0) is 35.0 Å². The molecular weight excluding hydrogens is 358 g/mol. The van der Waals surface area contributed by atoms with Crippen molar-refractivity contribution in [3.8, 4) is 0 Å².